The van der Waals surface area contributed by atoms with E-state index < -0.39 is 0 Å². The number of rotatable bonds is 5. The molecular weight excluding hydrogens is 384 g/mol. The van der Waals surface area contributed by atoms with E-state index in [0.29, 0.717) is 12.3 Å². The van der Waals surface area contributed by atoms with Crippen molar-refractivity contribution in [2.45, 2.75) is 40.0 Å². The third-order valence-electron chi connectivity index (χ3n) is 5.90. The molecule has 4 aromatic heterocycles. The number of pyridine rings is 2. The van der Waals surface area contributed by atoms with Gasteiger partial charge in [0, 0.05) is 55.6 Å². The van der Waals surface area contributed by atoms with Crippen LogP contribution in [0.1, 0.15) is 47.4 Å². The summed E-state index contributed by atoms with van der Waals surface area (Å²) in [7, 11) is 0. The predicted octanol–water partition coefficient (Wildman–Crippen LogP) is 4.16. The summed E-state index contributed by atoms with van der Waals surface area (Å²) in [4.78, 5) is 21.4. The summed E-state index contributed by atoms with van der Waals surface area (Å²) in [5.74, 6) is 2.58. The second-order valence-electron chi connectivity index (χ2n) is 8.83. The first kappa shape index (κ1) is 19.7. The van der Waals surface area contributed by atoms with Crippen molar-refractivity contribution < 1.29 is 0 Å². The van der Waals surface area contributed by atoms with Gasteiger partial charge in [0.25, 0.3) is 0 Å². The number of hydrogen-bond acceptors (Lipinski definition) is 5. The topological polar surface area (TPSA) is 59.2 Å². The molecule has 0 saturated carbocycles. The summed E-state index contributed by atoms with van der Waals surface area (Å²) in [6, 6.07) is 10.7. The molecule has 31 heavy (non-hydrogen) atoms. The molecule has 6 nitrogen and oxygen atoms in total. The zero-order chi connectivity index (χ0) is 21.4. The molecule has 4 aromatic rings. The van der Waals surface area contributed by atoms with Crippen molar-refractivity contribution in [3.8, 4) is 0 Å². The van der Waals surface area contributed by atoms with Crippen LogP contribution in [-0.2, 0) is 12.8 Å². The van der Waals surface area contributed by atoms with Gasteiger partial charge in [-0.1, -0.05) is 6.92 Å². The maximum absolute atomic E-state index is 4.95. The van der Waals surface area contributed by atoms with Gasteiger partial charge in [0.05, 0.1) is 12.1 Å². The van der Waals surface area contributed by atoms with E-state index in [1.165, 1.54) is 17.5 Å². The zero-order valence-electron chi connectivity index (χ0n) is 18.4. The summed E-state index contributed by atoms with van der Waals surface area (Å²) < 4.78 is 2.03. The van der Waals surface area contributed by atoms with Crippen molar-refractivity contribution >= 4 is 11.5 Å². The highest BCUT2D eigenvalue weighted by molar-refractivity contribution is 5.45. The first-order valence-corrected chi connectivity index (χ1v) is 11.0. The molecule has 1 fully saturated rings. The fourth-order valence-electron chi connectivity index (χ4n) is 4.46. The van der Waals surface area contributed by atoms with Gasteiger partial charge in [-0.25, -0.2) is 15.0 Å². The average Bonchev–Trinajstić information content (AvgIpc) is 3.35. The van der Waals surface area contributed by atoms with Crippen LogP contribution in [0.15, 0.2) is 48.9 Å². The summed E-state index contributed by atoms with van der Waals surface area (Å²) in [6.45, 7) is 8.56. The normalized spacial score (nSPS) is 16.4. The Morgan fingerprint density at radius 3 is 2.65 bits per heavy atom. The van der Waals surface area contributed by atoms with Crippen LogP contribution in [0.3, 0.4) is 0 Å². The van der Waals surface area contributed by atoms with Crippen molar-refractivity contribution in [1.29, 1.82) is 0 Å². The molecule has 1 saturated heterocycles. The Labute approximate surface area is 183 Å². The molecule has 0 spiro atoms. The molecule has 0 radical (unpaired) electrons. The van der Waals surface area contributed by atoms with Crippen molar-refractivity contribution in [2.75, 3.05) is 18.0 Å². The van der Waals surface area contributed by atoms with Gasteiger partial charge in [0.15, 0.2) is 0 Å². The third-order valence-corrected chi connectivity index (χ3v) is 5.90. The Balaban J connectivity index is 1.49. The van der Waals surface area contributed by atoms with E-state index in [2.05, 4.69) is 60.3 Å². The number of hydrogen-bond donors (Lipinski definition) is 0. The van der Waals surface area contributed by atoms with Crippen LogP contribution >= 0.6 is 0 Å². The van der Waals surface area contributed by atoms with Gasteiger partial charge in [-0.2, -0.15) is 0 Å². The fraction of sp³-hybridized carbons (Fsp3) is 0.360. The molecular formula is C25H28N6. The quantitative estimate of drug-likeness (QED) is 0.493. The molecule has 158 valence electrons. The molecule has 0 N–H and O–H groups in total. The van der Waals surface area contributed by atoms with Crippen molar-refractivity contribution in [1.82, 2.24) is 24.3 Å². The minimum atomic E-state index is 0.645. The van der Waals surface area contributed by atoms with Gasteiger partial charge in [0.2, 0.25) is 0 Å². The molecule has 0 aromatic carbocycles. The van der Waals surface area contributed by atoms with E-state index in [1.807, 2.05) is 23.7 Å². The van der Waals surface area contributed by atoms with Crippen LogP contribution < -0.4 is 4.90 Å². The molecule has 5 rings (SSSR count). The van der Waals surface area contributed by atoms with Crippen molar-refractivity contribution in [3.63, 3.8) is 0 Å². The SMILES string of the molecule is Cc1cc(C)nc(Cc2nc(Cc3ccn4ccnc4c3)cc(N3CCC(C)C3)n2)c1. The number of fused-ring (bicyclic) bond motifs is 1. The van der Waals surface area contributed by atoms with Crippen LogP contribution in [0.25, 0.3) is 5.65 Å². The van der Waals surface area contributed by atoms with E-state index in [9.17, 15) is 0 Å². The zero-order valence-corrected chi connectivity index (χ0v) is 18.4. The van der Waals surface area contributed by atoms with Crippen LogP contribution in [0, 0.1) is 19.8 Å². The molecule has 0 bridgehead atoms. The molecule has 0 aliphatic carbocycles. The lowest BCUT2D eigenvalue weighted by Crippen LogP contribution is -2.21. The Morgan fingerprint density at radius 1 is 0.968 bits per heavy atom. The Hall–Kier alpha value is -3.28. The summed E-state index contributed by atoms with van der Waals surface area (Å²) >= 11 is 0. The smallest absolute Gasteiger partial charge is 0.136 e. The average molecular weight is 413 g/mol. The van der Waals surface area contributed by atoms with Gasteiger partial charge in [-0.05, 0) is 61.6 Å². The van der Waals surface area contributed by atoms with Gasteiger partial charge in [-0.3, -0.25) is 4.98 Å². The first-order valence-electron chi connectivity index (χ1n) is 11.0. The van der Waals surface area contributed by atoms with Crippen molar-refractivity contribution in [2.24, 2.45) is 5.92 Å². The standard InChI is InChI=1S/C25H28N6/c1-17-4-7-31(16-17)25-15-22(12-20-5-8-30-9-6-26-24(30)13-20)28-23(29-25)14-21-11-18(2)10-19(3)27-21/h5-6,8-11,13,15,17H,4,7,12,14,16H2,1-3H3. The maximum Gasteiger partial charge on any atom is 0.136 e. The molecule has 5 heterocycles. The Kier molecular flexibility index (Phi) is 5.14. The van der Waals surface area contributed by atoms with Gasteiger partial charge >= 0.3 is 0 Å². The number of nitrogens with zero attached hydrogens (tertiary/aromatic N) is 6. The molecule has 1 unspecified atom stereocenters. The predicted molar refractivity (Wildman–Crippen MR) is 123 cm³/mol. The van der Waals surface area contributed by atoms with Crippen LogP contribution in [-0.4, -0.2) is 37.4 Å². The first-order chi connectivity index (χ1) is 15.0. The number of aromatic nitrogens is 5. The Bertz CT molecular complexity index is 1210. The van der Waals surface area contributed by atoms with E-state index in [1.54, 1.807) is 0 Å². The fourth-order valence-corrected chi connectivity index (χ4v) is 4.46. The van der Waals surface area contributed by atoms with Crippen LogP contribution in [0.5, 0.6) is 0 Å². The molecule has 1 aliphatic heterocycles. The number of anilines is 1. The van der Waals surface area contributed by atoms with E-state index in [-0.39, 0.29) is 0 Å². The molecule has 1 atom stereocenters. The van der Waals surface area contributed by atoms with Gasteiger partial charge in [-0.15, -0.1) is 0 Å². The summed E-state index contributed by atoms with van der Waals surface area (Å²) in [6.07, 6.45) is 8.46. The largest absolute Gasteiger partial charge is 0.356 e. The van der Waals surface area contributed by atoms with E-state index >= 15 is 0 Å². The highest BCUT2D eigenvalue weighted by atomic mass is 15.2. The molecule has 6 heteroatoms. The highest BCUT2D eigenvalue weighted by Gasteiger charge is 2.21. The van der Waals surface area contributed by atoms with Crippen LogP contribution in [0.4, 0.5) is 5.82 Å². The van der Waals surface area contributed by atoms with Crippen molar-refractivity contribution in [3.05, 3.63) is 83.0 Å². The third kappa shape index (κ3) is 4.43. The Morgan fingerprint density at radius 2 is 1.84 bits per heavy atom. The lowest BCUT2D eigenvalue weighted by atomic mass is 10.1. The van der Waals surface area contributed by atoms with Gasteiger partial charge in [0.1, 0.15) is 17.3 Å². The number of aryl methyl sites for hydroxylation is 2. The van der Waals surface area contributed by atoms with Crippen LogP contribution in [0.2, 0.25) is 0 Å². The minimum absolute atomic E-state index is 0.645. The lowest BCUT2D eigenvalue weighted by molar-refractivity contribution is 0.658. The molecule has 1 aliphatic rings. The number of imidazole rings is 1. The maximum atomic E-state index is 4.95. The lowest BCUT2D eigenvalue weighted by Gasteiger charge is -2.19. The molecule has 0 amide bonds. The summed E-state index contributed by atoms with van der Waals surface area (Å²) in [5, 5.41) is 0. The monoisotopic (exact) mass is 412 g/mol. The summed E-state index contributed by atoms with van der Waals surface area (Å²) in [5.41, 5.74) is 6.48. The minimum Gasteiger partial charge on any atom is -0.356 e. The second kappa shape index (κ2) is 8.10. The van der Waals surface area contributed by atoms with Gasteiger partial charge < -0.3 is 9.30 Å². The highest BCUT2D eigenvalue weighted by Crippen LogP contribution is 2.24. The van der Waals surface area contributed by atoms with E-state index in [0.717, 1.165) is 53.9 Å². The van der Waals surface area contributed by atoms with E-state index in [4.69, 9.17) is 15.0 Å². The second-order valence-corrected chi connectivity index (χ2v) is 8.83.